The smallest absolute Gasteiger partial charge is 0.225 e. The van der Waals surface area contributed by atoms with Gasteiger partial charge in [-0.1, -0.05) is 24.6 Å². The Labute approximate surface area is 84.0 Å². The molecule has 1 aromatic carbocycles. The second-order valence-corrected chi connectivity index (χ2v) is 5.24. The molecule has 1 fully saturated rings. The van der Waals surface area contributed by atoms with E-state index in [-0.39, 0.29) is 0 Å². The van der Waals surface area contributed by atoms with Gasteiger partial charge in [-0.05, 0) is 30.4 Å². The highest BCUT2D eigenvalue weighted by Crippen LogP contribution is 2.38. The Morgan fingerprint density at radius 3 is 2.36 bits per heavy atom. The molecule has 1 aliphatic carbocycles. The first-order chi connectivity index (χ1) is 6.59. The monoisotopic (exact) mass is 211 g/mol. The van der Waals surface area contributed by atoms with E-state index in [0.29, 0.717) is 10.8 Å². The van der Waals surface area contributed by atoms with E-state index in [2.05, 4.69) is 0 Å². The van der Waals surface area contributed by atoms with Crippen molar-refractivity contribution in [1.29, 1.82) is 0 Å². The second-order valence-electron chi connectivity index (χ2n) is 3.71. The van der Waals surface area contributed by atoms with Gasteiger partial charge in [-0.25, -0.2) is 13.6 Å². The van der Waals surface area contributed by atoms with Gasteiger partial charge in [0.05, 0.1) is 4.90 Å². The van der Waals surface area contributed by atoms with Crippen molar-refractivity contribution in [3.05, 3.63) is 29.8 Å². The molecule has 0 radical (unpaired) electrons. The Kier molecular flexibility index (Phi) is 2.33. The van der Waals surface area contributed by atoms with Crippen LogP contribution in [0.15, 0.2) is 29.2 Å². The fraction of sp³-hybridized carbons (Fsp3) is 0.400. The van der Waals surface area contributed by atoms with Gasteiger partial charge in [-0.15, -0.1) is 0 Å². The largest absolute Gasteiger partial charge is 0.238 e. The average Bonchev–Trinajstić information content (AvgIpc) is 2.00. The molecular formula is C10H13NO2S. The van der Waals surface area contributed by atoms with Crippen molar-refractivity contribution >= 4 is 10.0 Å². The quantitative estimate of drug-likeness (QED) is 0.807. The van der Waals surface area contributed by atoms with E-state index in [1.165, 1.54) is 6.42 Å². The van der Waals surface area contributed by atoms with Gasteiger partial charge < -0.3 is 0 Å². The lowest BCUT2D eigenvalue weighted by Gasteiger charge is -2.27. The first-order valence-electron chi connectivity index (χ1n) is 4.71. The maximum absolute atomic E-state index is 11.3. The minimum atomic E-state index is -3.55. The van der Waals surface area contributed by atoms with Crippen LogP contribution in [0.3, 0.4) is 0 Å². The molecule has 0 bridgehead atoms. The Balaban J connectivity index is 2.48. The Bertz CT molecular complexity index is 435. The number of rotatable bonds is 2. The van der Waals surface area contributed by atoms with E-state index >= 15 is 0 Å². The molecule has 1 aromatic rings. The highest BCUT2D eigenvalue weighted by atomic mass is 32.2. The van der Waals surface area contributed by atoms with Gasteiger partial charge in [0.25, 0.3) is 0 Å². The molecule has 76 valence electrons. The summed E-state index contributed by atoms with van der Waals surface area (Å²) < 4.78 is 22.6. The minimum absolute atomic E-state index is 0.296. The van der Waals surface area contributed by atoms with Gasteiger partial charge in [0.2, 0.25) is 10.0 Å². The fourth-order valence-corrected chi connectivity index (χ4v) is 2.63. The summed E-state index contributed by atoms with van der Waals surface area (Å²) in [4.78, 5) is 0.296. The molecule has 1 saturated carbocycles. The molecule has 0 aromatic heterocycles. The van der Waals surface area contributed by atoms with Gasteiger partial charge in [-0.2, -0.15) is 0 Å². The lowest BCUT2D eigenvalue weighted by atomic mass is 9.80. The normalized spacial score (nSPS) is 17.8. The third kappa shape index (κ3) is 1.67. The molecular weight excluding hydrogens is 198 g/mol. The number of benzene rings is 1. The minimum Gasteiger partial charge on any atom is -0.225 e. The average molecular weight is 211 g/mol. The SMILES string of the molecule is NS(=O)(=O)c1ccccc1C1CCC1. The van der Waals surface area contributed by atoms with Crippen molar-refractivity contribution in [2.75, 3.05) is 0 Å². The maximum atomic E-state index is 11.3. The highest BCUT2D eigenvalue weighted by molar-refractivity contribution is 7.89. The Morgan fingerprint density at radius 1 is 1.21 bits per heavy atom. The van der Waals surface area contributed by atoms with Gasteiger partial charge in [0.1, 0.15) is 0 Å². The van der Waals surface area contributed by atoms with E-state index in [1.54, 1.807) is 12.1 Å². The van der Waals surface area contributed by atoms with Crippen molar-refractivity contribution in [2.45, 2.75) is 30.1 Å². The molecule has 0 spiro atoms. The maximum Gasteiger partial charge on any atom is 0.238 e. The van der Waals surface area contributed by atoms with E-state index < -0.39 is 10.0 Å². The molecule has 2 rings (SSSR count). The number of sulfonamides is 1. The molecule has 0 unspecified atom stereocenters. The molecule has 2 N–H and O–H groups in total. The molecule has 0 saturated heterocycles. The molecule has 3 nitrogen and oxygen atoms in total. The van der Waals surface area contributed by atoms with Crippen molar-refractivity contribution in [3.8, 4) is 0 Å². The summed E-state index contributed by atoms with van der Waals surface area (Å²) in [6.45, 7) is 0. The van der Waals surface area contributed by atoms with Crippen LogP contribution in [-0.2, 0) is 10.0 Å². The lowest BCUT2D eigenvalue weighted by Crippen LogP contribution is -2.18. The Hall–Kier alpha value is -0.870. The van der Waals surface area contributed by atoms with Crippen molar-refractivity contribution in [1.82, 2.24) is 0 Å². The lowest BCUT2D eigenvalue weighted by molar-refractivity contribution is 0.413. The summed E-state index contributed by atoms with van der Waals surface area (Å²) in [5.74, 6) is 0.393. The summed E-state index contributed by atoms with van der Waals surface area (Å²) in [5.41, 5.74) is 0.890. The van der Waals surface area contributed by atoms with Crippen LogP contribution in [0.5, 0.6) is 0 Å². The zero-order valence-electron chi connectivity index (χ0n) is 7.81. The second kappa shape index (κ2) is 3.37. The van der Waals surface area contributed by atoms with E-state index in [4.69, 9.17) is 5.14 Å². The zero-order valence-corrected chi connectivity index (χ0v) is 8.63. The predicted molar refractivity (Wildman–Crippen MR) is 54.4 cm³/mol. The van der Waals surface area contributed by atoms with Crippen LogP contribution in [0.4, 0.5) is 0 Å². The molecule has 0 amide bonds. The molecule has 4 heteroatoms. The van der Waals surface area contributed by atoms with E-state index in [9.17, 15) is 8.42 Å². The molecule has 14 heavy (non-hydrogen) atoms. The van der Waals surface area contributed by atoms with Crippen LogP contribution < -0.4 is 5.14 Å². The van der Waals surface area contributed by atoms with Crippen LogP contribution in [0.1, 0.15) is 30.7 Å². The third-order valence-corrected chi connectivity index (χ3v) is 3.76. The fourth-order valence-electron chi connectivity index (χ4n) is 1.80. The van der Waals surface area contributed by atoms with Crippen LogP contribution in [0, 0.1) is 0 Å². The highest BCUT2D eigenvalue weighted by Gasteiger charge is 2.25. The number of primary sulfonamides is 1. The van der Waals surface area contributed by atoms with E-state index in [0.717, 1.165) is 18.4 Å². The summed E-state index contributed by atoms with van der Waals surface area (Å²) in [5, 5.41) is 5.15. The Morgan fingerprint density at radius 2 is 1.86 bits per heavy atom. The van der Waals surface area contributed by atoms with Crippen LogP contribution in [0.2, 0.25) is 0 Å². The topological polar surface area (TPSA) is 60.2 Å². The van der Waals surface area contributed by atoms with E-state index in [1.807, 2.05) is 12.1 Å². The molecule has 0 aliphatic heterocycles. The van der Waals surface area contributed by atoms with Crippen molar-refractivity contribution in [2.24, 2.45) is 5.14 Å². The van der Waals surface area contributed by atoms with Gasteiger partial charge in [0, 0.05) is 0 Å². The van der Waals surface area contributed by atoms with Gasteiger partial charge >= 0.3 is 0 Å². The third-order valence-electron chi connectivity index (χ3n) is 2.77. The first-order valence-corrected chi connectivity index (χ1v) is 6.25. The van der Waals surface area contributed by atoms with Crippen LogP contribution in [-0.4, -0.2) is 8.42 Å². The summed E-state index contributed by atoms with van der Waals surface area (Å²) in [7, 11) is -3.55. The summed E-state index contributed by atoms with van der Waals surface area (Å²) in [6, 6.07) is 7.02. The zero-order chi connectivity index (χ0) is 10.2. The number of nitrogens with two attached hydrogens (primary N) is 1. The molecule has 0 atom stereocenters. The van der Waals surface area contributed by atoms with Crippen LogP contribution in [0.25, 0.3) is 0 Å². The molecule has 0 heterocycles. The summed E-state index contributed by atoms with van der Waals surface area (Å²) >= 11 is 0. The van der Waals surface area contributed by atoms with Crippen LogP contribution >= 0.6 is 0 Å². The standard InChI is InChI=1S/C10H13NO2S/c11-14(12,13)10-7-2-1-6-9(10)8-4-3-5-8/h1-2,6-8H,3-5H2,(H2,11,12,13). The number of hydrogen-bond acceptors (Lipinski definition) is 2. The summed E-state index contributed by atoms with van der Waals surface area (Å²) in [6.07, 6.45) is 3.34. The van der Waals surface area contributed by atoms with Crippen molar-refractivity contribution < 1.29 is 8.42 Å². The number of hydrogen-bond donors (Lipinski definition) is 1. The van der Waals surface area contributed by atoms with Gasteiger partial charge in [-0.3, -0.25) is 0 Å². The molecule has 1 aliphatic rings. The predicted octanol–water partition coefficient (Wildman–Crippen LogP) is 1.60. The van der Waals surface area contributed by atoms with Crippen molar-refractivity contribution in [3.63, 3.8) is 0 Å². The van der Waals surface area contributed by atoms with Gasteiger partial charge in [0.15, 0.2) is 0 Å². The first kappa shape index (κ1) is 9.68.